The van der Waals surface area contributed by atoms with Gasteiger partial charge in [-0.05, 0) is 106 Å². The van der Waals surface area contributed by atoms with Crippen molar-refractivity contribution in [1.82, 2.24) is 18.8 Å². The summed E-state index contributed by atoms with van der Waals surface area (Å²) in [6, 6.07) is 39.7. The summed E-state index contributed by atoms with van der Waals surface area (Å²) in [6.45, 7) is 0.0872. The van der Waals surface area contributed by atoms with Gasteiger partial charge in [-0.15, -0.1) is 0 Å². The van der Waals surface area contributed by atoms with E-state index in [4.69, 9.17) is 14.5 Å². The SMILES string of the molecule is COc1ccc(-c2cn3cc(-c4cccc(CO)c4)ccc3n2)cc1.COc1cccc(-c2cn3cc(-c4cccc(CO)c4)ccc3n2)c1. The summed E-state index contributed by atoms with van der Waals surface area (Å²) in [5, 5.41) is 18.7. The van der Waals surface area contributed by atoms with Gasteiger partial charge in [0.15, 0.2) is 0 Å². The Balaban J connectivity index is 0.000000157. The molecule has 4 aromatic carbocycles. The fraction of sp³-hybridized carbons (Fsp3) is 0.0952. The molecule has 0 aliphatic rings. The average Bonchev–Trinajstić information content (AvgIpc) is 3.82. The van der Waals surface area contributed by atoms with Gasteiger partial charge in [0.1, 0.15) is 22.8 Å². The molecule has 0 aliphatic heterocycles. The minimum Gasteiger partial charge on any atom is -0.497 e. The van der Waals surface area contributed by atoms with Crippen LogP contribution in [0.2, 0.25) is 0 Å². The average molecular weight is 661 g/mol. The standard InChI is InChI=1S/2C21H18N2O2/c1-25-19-7-3-6-17(11-19)20-13-23-12-18(8-9-21(23)22-20)16-5-2-4-15(10-16)14-24;1-25-19-8-5-16(6-9-19)20-13-23-12-18(7-10-21(23)22-20)17-4-2-3-15(11-17)14-24/h2*2-13,24H,14H2,1H3. The molecule has 0 bridgehead atoms. The maximum absolute atomic E-state index is 9.33. The zero-order valence-electron chi connectivity index (χ0n) is 27.8. The molecule has 0 radical (unpaired) electrons. The Morgan fingerprint density at radius 1 is 0.460 bits per heavy atom. The number of hydrogen-bond acceptors (Lipinski definition) is 6. The number of ether oxygens (including phenoxy) is 2. The maximum atomic E-state index is 9.33. The van der Waals surface area contributed by atoms with Crippen LogP contribution in [0.4, 0.5) is 0 Å². The van der Waals surface area contributed by atoms with Crippen LogP contribution in [0.1, 0.15) is 11.1 Å². The van der Waals surface area contributed by atoms with Crippen LogP contribution in [-0.2, 0) is 13.2 Å². The highest BCUT2D eigenvalue weighted by Crippen LogP contribution is 2.27. The van der Waals surface area contributed by atoms with Gasteiger partial charge in [-0.2, -0.15) is 0 Å². The van der Waals surface area contributed by atoms with E-state index in [2.05, 4.69) is 23.4 Å². The molecule has 248 valence electrons. The molecule has 0 amide bonds. The summed E-state index contributed by atoms with van der Waals surface area (Å²) in [5.74, 6) is 1.65. The van der Waals surface area contributed by atoms with Gasteiger partial charge in [0.05, 0.1) is 38.8 Å². The molecule has 2 N–H and O–H groups in total. The normalized spacial score (nSPS) is 11.0. The fourth-order valence-corrected chi connectivity index (χ4v) is 5.85. The number of methoxy groups -OCH3 is 2. The first kappa shape index (κ1) is 32.3. The van der Waals surface area contributed by atoms with Crippen molar-refractivity contribution in [3.8, 4) is 56.3 Å². The van der Waals surface area contributed by atoms with Crippen molar-refractivity contribution in [2.45, 2.75) is 13.2 Å². The number of aliphatic hydroxyl groups excluding tert-OH is 2. The van der Waals surface area contributed by atoms with Crippen molar-refractivity contribution in [1.29, 1.82) is 0 Å². The van der Waals surface area contributed by atoms with Crippen LogP contribution in [0.15, 0.2) is 146 Å². The lowest BCUT2D eigenvalue weighted by Crippen LogP contribution is -1.87. The van der Waals surface area contributed by atoms with Crippen molar-refractivity contribution in [2.24, 2.45) is 0 Å². The monoisotopic (exact) mass is 660 g/mol. The van der Waals surface area contributed by atoms with Gasteiger partial charge in [-0.1, -0.05) is 48.5 Å². The Morgan fingerprint density at radius 2 is 0.940 bits per heavy atom. The highest BCUT2D eigenvalue weighted by Gasteiger charge is 2.09. The Hall–Kier alpha value is -6.22. The summed E-state index contributed by atoms with van der Waals surface area (Å²) < 4.78 is 14.6. The van der Waals surface area contributed by atoms with Gasteiger partial charge in [0.25, 0.3) is 0 Å². The van der Waals surface area contributed by atoms with Crippen molar-refractivity contribution in [2.75, 3.05) is 14.2 Å². The van der Waals surface area contributed by atoms with E-state index in [0.29, 0.717) is 0 Å². The molecule has 0 unspecified atom stereocenters. The summed E-state index contributed by atoms with van der Waals surface area (Å²) in [4.78, 5) is 9.38. The first-order chi connectivity index (χ1) is 24.5. The predicted molar refractivity (Wildman–Crippen MR) is 197 cm³/mol. The number of pyridine rings is 2. The van der Waals surface area contributed by atoms with E-state index in [1.165, 1.54) is 0 Å². The Kier molecular flexibility index (Phi) is 9.37. The zero-order valence-corrected chi connectivity index (χ0v) is 27.8. The van der Waals surface area contributed by atoms with Crippen molar-refractivity contribution in [3.05, 3.63) is 157 Å². The van der Waals surface area contributed by atoms with Gasteiger partial charge in [0.2, 0.25) is 0 Å². The molecule has 8 nitrogen and oxygen atoms in total. The second-order valence-electron chi connectivity index (χ2n) is 11.8. The van der Waals surface area contributed by atoms with E-state index in [9.17, 15) is 10.2 Å². The van der Waals surface area contributed by atoms with Gasteiger partial charge >= 0.3 is 0 Å². The minimum atomic E-state index is 0.0428. The molecular weight excluding hydrogens is 624 g/mol. The lowest BCUT2D eigenvalue weighted by Gasteiger charge is -2.04. The van der Waals surface area contributed by atoms with E-state index in [-0.39, 0.29) is 13.2 Å². The van der Waals surface area contributed by atoms with Crippen LogP contribution >= 0.6 is 0 Å². The highest BCUT2D eigenvalue weighted by atomic mass is 16.5. The lowest BCUT2D eigenvalue weighted by molar-refractivity contribution is 0.281. The maximum Gasteiger partial charge on any atom is 0.137 e. The number of aromatic nitrogens is 4. The number of nitrogens with zero attached hydrogens (tertiary/aromatic N) is 4. The van der Waals surface area contributed by atoms with Crippen molar-refractivity contribution < 1.29 is 19.7 Å². The van der Waals surface area contributed by atoms with Crippen LogP contribution < -0.4 is 9.47 Å². The molecule has 50 heavy (non-hydrogen) atoms. The number of aliphatic hydroxyl groups is 2. The molecule has 4 aromatic heterocycles. The van der Waals surface area contributed by atoms with Gasteiger partial charge in [0, 0.05) is 35.9 Å². The first-order valence-corrected chi connectivity index (χ1v) is 16.2. The number of hydrogen-bond donors (Lipinski definition) is 2. The highest BCUT2D eigenvalue weighted by molar-refractivity contribution is 5.70. The molecule has 0 saturated heterocycles. The third-order valence-electron chi connectivity index (χ3n) is 8.54. The van der Waals surface area contributed by atoms with Crippen LogP contribution in [0.25, 0.3) is 56.1 Å². The minimum absolute atomic E-state index is 0.0428. The van der Waals surface area contributed by atoms with E-state index >= 15 is 0 Å². The topological polar surface area (TPSA) is 93.5 Å². The fourth-order valence-electron chi connectivity index (χ4n) is 5.85. The smallest absolute Gasteiger partial charge is 0.137 e. The molecule has 0 aliphatic carbocycles. The molecule has 8 rings (SSSR count). The van der Waals surface area contributed by atoms with Gasteiger partial charge in [-0.3, -0.25) is 0 Å². The number of benzene rings is 4. The predicted octanol–water partition coefficient (Wildman–Crippen LogP) is 8.34. The number of rotatable bonds is 8. The summed E-state index contributed by atoms with van der Waals surface area (Å²) in [6.07, 6.45) is 8.16. The van der Waals surface area contributed by atoms with Crippen LogP contribution in [0.5, 0.6) is 11.5 Å². The van der Waals surface area contributed by atoms with Crippen LogP contribution in [0.3, 0.4) is 0 Å². The summed E-state index contributed by atoms with van der Waals surface area (Å²) in [5.41, 5.74) is 11.8. The zero-order chi connectivity index (χ0) is 34.5. The second kappa shape index (κ2) is 14.5. The first-order valence-electron chi connectivity index (χ1n) is 16.2. The van der Waals surface area contributed by atoms with E-state index in [0.717, 1.165) is 78.7 Å². The molecule has 0 saturated carbocycles. The quantitative estimate of drug-likeness (QED) is 0.170. The Morgan fingerprint density at radius 3 is 1.46 bits per heavy atom. The van der Waals surface area contributed by atoms with Crippen molar-refractivity contribution >= 4 is 11.3 Å². The second-order valence-corrected chi connectivity index (χ2v) is 11.8. The Bertz CT molecular complexity index is 2350. The Labute approximate surface area is 290 Å². The summed E-state index contributed by atoms with van der Waals surface area (Å²) in [7, 11) is 3.32. The largest absolute Gasteiger partial charge is 0.497 e. The molecular formula is C42H36N4O4. The van der Waals surface area contributed by atoms with Crippen LogP contribution in [-0.4, -0.2) is 43.2 Å². The summed E-state index contributed by atoms with van der Waals surface area (Å²) >= 11 is 0. The van der Waals surface area contributed by atoms with E-state index in [1.807, 2.05) is 136 Å². The molecule has 8 aromatic rings. The third-order valence-corrected chi connectivity index (χ3v) is 8.54. The van der Waals surface area contributed by atoms with Gasteiger partial charge in [-0.25, -0.2) is 9.97 Å². The molecule has 0 spiro atoms. The number of fused-ring (bicyclic) bond motifs is 2. The van der Waals surface area contributed by atoms with Crippen LogP contribution in [0, 0.1) is 0 Å². The van der Waals surface area contributed by atoms with Crippen molar-refractivity contribution in [3.63, 3.8) is 0 Å². The van der Waals surface area contributed by atoms with E-state index in [1.54, 1.807) is 14.2 Å². The lowest BCUT2D eigenvalue weighted by atomic mass is 10.1. The molecule has 0 atom stereocenters. The van der Waals surface area contributed by atoms with E-state index < -0.39 is 0 Å². The molecule has 0 fully saturated rings. The number of imidazole rings is 2. The van der Waals surface area contributed by atoms with Gasteiger partial charge < -0.3 is 28.5 Å². The molecule has 8 heteroatoms. The molecule has 4 heterocycles. The third kappa shape index (κ3) is 6.98.